The number of carbonyl (C=O) groups excluding carboxylic acids is 2. The fourth-order valence-electron chi connectivity index (χ4n) is 3.71. The van der Waals surface area contributed by atoms with Crippen molar-refractivity contribution in [1.29, 1.82) is 0 Å². The van der Waals surface area contributed by atoms with Gasteiger partial charge in [-0.2, -0.15) is 0 Å². The minimum atomic E-state index is -0.770. The molecule has 2 aromatic heterocycles. The van der Waals surface area contributed by atoms with Gasteiger partial charge in [-0.3, -0.25) is 19.5 Å². The highest BCUT2D eigenvalue weighted by atomic mass is 32.1. The van der Waals surface area contributed by atoms with Gasteiger partial charge in [0.25, 0.3) is 5.91 Å². The molecule has 0 fully saturated rings. The lowest BCUT2D eigenvalue weighted by Gasteiger charge is -2.26. The highest BCUT2D eigenvalue weighted by molar-refractivity contribution is 7.14. The van der Waals surface area contributed by atoms with E-state index in [0.717, 1.165) is 17.0 Å². The zero-order valence-corrected chi connectivity index (χ0v) is 17.7. The lowest BCUT2D eigenvalue weighted by molar-refractivity contribution is -0.117. The van der Waals surface area contributed by atoms with Crippen molar-refractivity contribution >= 4 is 28.7 Å². The average molecular weight is 420 g/mol. The predicted molar refractivity (Wildman–Crippen MR) is 116 cm³/mol. The van der Waals surface area contributed by atoms with Crippen LogP contribution in [0.3, 0.4) is 0 Å². The van der Waals surface area contributed by atoms with Gasteiger partial charge in [0.2, 0.25) is 5.78 Å². The van der Waals surface area contributed by atoms with Gasteiger partial charge in [0.05, 0.1) is 27.2 Å². The highest BCUT2D eigenvalue weighted by Crippen LogP contribution is 2.42. The van der Waals surface area contributed by atoms with Crippen LogP contribution in [0.25, 0.3) is 0 Å². The number of anilines is 1. The average Bonchev–Trinajstić information content (AvgIpc) is 3.24. The molecule has 1 unspecified atom stereocenters. The number of carbonyl (C=O) groups is 2. The van der Waals surface area contributed by atoms with Crippen molar-refractivity contribution in [2.75, 3.05) is 4.90 Å². The number of thiazole rings is 1. The third-order valence-electron chi connectivity index (χ3n) is 5.19. The summed E-state index contributed by atoms with van der Waals surface area (Å²) >= 11 is 1.26. The molecule has 1 aliphatic heterocycles. The lowest BCUT2D eigenvalue weighted by Crippen LogP contribution is -2.31. The minimum Gasteiger partial charge on any atom is -0.503 e. The number of pyridine rings is 1. The van der Waals surface area contributed by atoms with E-state index < -0.39 is 17.7 Å². The molecule has 3 aromatic rings. The van der Waals surface area contributed by atoms with Gasteiger partial charge in [-0.25, -0.2) is 4.98 Å². The summed E-state index contributed by atoms with van der Waals surface area (Å²) in [6.45, 7) is 5.63. The number of Topliss-reactive ketones (excluding diaryl/α,β-unsaturated/α-hetero) is 1. The summed E-state index contributed by atoms with van der Waals surface area (Å²) in [6, 6.07) is 10.3. The van der Waals surface area contributed by atoms with Crippen molar-refractivity contribution in [3.05, 3.63) is 86.8 Å². The molecule has 1 N–H and O–H groups in total. The van der Waals surface area contributed by atoms with Gasteiger partial charge >= 0.3 is 0 Å². The largest absolute Gasteiger partial charge is 0.503 e. The van der Waals surface area contributed by atoms with E-state index >= 15 is 0 Å². The van der Waals surface area contributed by atoms with Crippen LogP contribution in [0.15, 0.2) is 60.1 Å². The molecule has 0 aliphatic carbocycles. The third kappa shape index (κ3) is 3.31. The summed E-state index contributed by atoms with van der Waals surface area (Å²) in [6.07, 6.45) is 4.11. The summed E-state index contributed by atoms with van der Waals surface area (Å²) in [7, 11) is 0. The molecule has 7 heteroatoms. The number of hydrogen-bond acceptors (Lipinski definition) is 6. The molecule has 152 valence electrons. The number of rotatable bonds is 5. The summed E-state index contributed by atoms with van der Waals surface area (Å²) in [5, 5.41) is 11.5. The first-order valence-electron chi connectivity index (χ1n) is 9.66. The second kappa shape index (κ2) is 7.84. The van der Waals surface area contributed by atoms with Crippen molar-refractivity contribution in [1.82, 2.24) is 9.97 Å². The Morgan fingerprint density at radius 1 is 1.20 bits per heavy atom. The monoisotopic (exact) mass is 419 g/mol. The first-order valence-corrected chi connectivity index (χ1v) is 10.5. The zero-order chi connectivity index (χ0) is 21.4. The van der Waals surface area contributed by atoms with E-state index in [1.165, 1.54) is 16.2 Å². The number of aromatic nitrogens is 2. The maximum Gasteiger partial charge on any atom is 0.294 e. The molecular weight excluding hydrogens is 398 g/mol. The molecule has 0 saturated carbocycles. The van der Waals surface area contributed by atoms with Crippen molar-refractivity contribution in [3.8, 4) is 0 Å². The van der Waals surface area contributed by atoms with Crippen LogP contribution in [0.4, 0.5) is 5.69 Å². The van der Waals surface area contributed by atoms with Gasteiger partial charge in [0, 0.05) is 18.1 Å². The topological polar surface area (TPSA) is 83.4 Å². The van der Waals surface area contributed by atoms with Crippen molar-refractivity contribution in [3.63, 3.8) is 0 Å². The summed E-state index contributed by atoms with van der Waals surface area (Å²) < 4.78 is 0. The highest BCUT2D eigenvalue weighted by Gasteiger charge is 2.45. The number of amides is 1. The smallest absolute Gasteiger partial charge is 0.294 e. The van der Waals surface area contributed by atoms with Crippen LogP contribution < -0.4 is 4.90 Å². The molecule has 1 amide bonds. The number of nitrogens with zero attached hydrogens (tertiary/aromatic N) is 3. The van der Waals surface area contributed by atoms with Gasteiger partial charge < -0.3 is 5.11 Å². The molecule has 1 atom stereocenters. The normalized spacial score (nSPS) is 16.4. The first-order chi connectivity index (χ1) is 14.4. The van der Waals surface area contributed by atoms with Gasteiger partial charge in [0.15, 0.2) is 5.76 Å². The Balaban J connectivity index is 1.86. The Bertz CT molecular complexity index is 1150. The van der Waals surface area contributed by atoms with Crippen LogP contribution in [-0.4, -0.2) is 26.8 Å². The van der Waals surface area contributed by atoms with E-state index in [1.54, 1.807) is 31.5 Å². The van der Waals surface area contributed by atoms with Gasteiger partial charge in [-0.05, 0) is 49.6 Å². The number of aliphatic hydroxyl groups excluding tert-OH is 1. The van der Waals surface area contributed by atoms with Crippen molar-refractivity contribution in [2.24, 2.45) is 0 Å². The van der Waals surface area contributed by atoms with Crippen LogP contribution in [-0.2, 0) is 11.2 Å². The molecule has 0 radical (unpaired) electrons. The zero-order valence-electron chi connectivity index (χ0n) is 16.9. The summed E-state index contributed by atoms with van der Waals surface area (Å²) in [4.78, 5) is 36.9. The first kappa shape index (κ1) is 20.0. The van der Waals surface area contributed by atoms with Gasteiger partial charge in [-0.15, -0.1) is 11.3 Å². The SMILES string of the molecule is CCc1ccc(N2C(=O)C(O)=C(C(=O)c3sc(C)nc3C)C2c2cccnc2)cc1. The fraction of sp³-hybridized carbons (Fsp3) is 0.217. The standard InChI is InChI=1S/C23H21N3O3S/c1-4-15-7-9-17(10-8-15)26-19(16-6-5-11-24-12-16)18(21(28)23(26)29)20(27)22-13(2)25-14(3)30-22/h5-12,19,28H,4H2,1-3H3. The number of aryl methyl sites for hydroxylation is 3. The van der Waals surface area contributed by atoms with Gasteiger partial charge in [-0.1, -0.05) is 25.1 Å². The van der Waals surface area contributed by atoms with Crippen LogP contribution in [0.5, 0.6) is 0 Å². The second-order valence-electron chi connectivity index (χ2n) is 7.12. The van der Waals surface area contributed by atoms with Crippen LogP contribution in [0.1, 0.15) is 44.5 Å². The Labute approximate surface area is 178 Å². The molecule has 0 spiro atoms. The van der Waals surface area contributed by atoms with Crippen molar-refractivity contribution in [2.45, 2.75) is 33.2 Å². The molecule has 6 nitrogen and oxygen atoms in total. The maximum absolute atomic E-state index is 13.5. The minimum absolute atomic E-state index is 0.0549. The van der Waals surface area contributed by atoms with Gasteiger partial charge in [0.1, 0.15) is 0 Å². The fourth-order valence-corrected chi connectivity index (χ4v) is 4.59. The van der Waals surface area contributed by atoms with E-state index in [4.69, 9.17) is 0 Å². The third-order valence-corrected chi connectivity index (χ3v) is 6.26. The van der Waals surface area contributed by atoms with E-state index in [1.807, 2.05) is 31.2 Å². The van der Waals surface area contributed by atoms with E-state index in [9.17, 15) is 14.7 Å². The Morgan fingerprint density at radius 3 is 2.50 bits per heavy atom. The number of ketones is 1. The molecule has 0 saturated heterocycles. The molecule has 4 rings (SSSR count). The van der Waals surface area contributed by atoms with Crippen LogP contribution >= 0.6 is 11.3 Å². The molecular formula is C23H21N3O3S. The number of aliphatic hydroxyl groups is 1. The summed E-state index contributed by atoms with van der Waals surface area (Å²) in [5.41, 5.74) is 3.03. The Hall–Kier alpha value is -3.32. The maximum atomic E-state index is 13.5. The van der Waals surface area contributed by atoms with Crippen LogP contribution in [0.2, 0.25) is 0 Å². The number of hydrogen-bond donors (Lipinski definition) is 1. The Kier molecular flexibility index (Phi) is 5.22. The molecule has 3 heterocycles. The van der Waals surface area contributed by atoms with E-state index in [2.05, 4.69) is 16.9 Å². The van der Waals surface area contributed by atoms with Crippen LogP contribution in [0, 0.1) is 13.8 Å². The predicted octanol–water partition coefficient (Wildman–Crippen LogP) is 4.50. The summed E-state index contributed by atoms with van der Waals surface area (Å²) in [5.74, 6) is -1.51. The Morgan fingerprint density at radius 2 is 1.93 bits per heavy atom. The molecule has 30 heavy (non-hydrogen) atoms. The second-order valence-corrected chi connectivity index (χ2v) is 8.33. The molecule has 0 bridgehead atoms. The van der Waals surface area contributed by atoms with E-state index in [-0.39, 0.29) is 11.4 Å². The quantitative estimate of drug-likeness (QED) is 0.616. The lowest BCUT2D eigenvalue weighted by atomic mass is 9.96. The number of benzene rings is 1. The molecule has 1 aromatic carbocycles. The van der Waals surface area contributed by atoms with E-state index in [0.29, 0.717) is 21.8 Å². The molecule has 1 aliphatic rings. The van der Waals surface area contributed by atoms with Crippen molar-refractivity contribution < 1.29 is 14.7 Å².